The highest BCUT2D eigenvalue weighted by molar-refractivity contribution is 6.32. The first-order valence-corrected chi connectivity index (χ1v) is 6.87. The van der Waals surface area contributed by atoms with E-state index in [2.05, 4.69) is 5.32 Å². The van der Waals surface area contributed by atoms with Crippen LogP contribution in [-0.2, 0) is 4.79 Å². The van der Waals surface area contributed by atoms with Gasteiger partial charge in [-0.05, 0) is 44.4 Å². The Labute approximate surface area is 118 Å². The molecular formula is C14H19ClN2O2. The minimum atomic E-state index is -0.556. The lowest BCUT2D eigenvalue weighted by molar-refractivity contribution is -0.127. The highest BCUT2D eigenvalue weighted by Crippen LogP contribution is 2.28. The van der Waals surface area contributed by atoms with Crippen molar-refractivity contribution in [1.29, 1.82) is 0 Å². The molecule has 1 aromatic carbocycles. The molecule has 0 heterocycles. The first-order valence-electron chi connectivity index (χ1n) is 6.49. The van der Waals surface area contributed by atoms with E-state index in [0.29, 0.717) is 16.8 Å². The van der Waals surface area contributed by atoms with Crippen molar-refractivity contribution in [3.8, 4) is 5.75 Å². The Kier molecular flexibility index (Phi) is 4.32. The van der Waals surface area contributed by atoms with Crippen molar-refractivity contribution in [3.63, 3.8) is 0 Å². The van der Waals surface area contributed by atoms with E-state index in [0.717, 1.165) is 18.4 Å². The molecule has 3 N–H and O–H groups in total. The van der Waals surface area contributed by atoms with E-state index < -0.39 is 6.10 Å². The molecule has 1 amide bonds. The van der Waals surface area contributed by atoms with Gasteiger partial charge in [-0.1, -0.05) is 17.7 Å². The maximum absolute atomic E-state index is 11.8. The largest absolute Gasteiger partial charge is 0.479 e. The van der Waals surface area contributed by atoms with Gasteiger partial charge in [0.15, 0.2) is 6.10 Å². The van der Waals surface area contributed by atoms with Gasteiger partial charge >= 0.3 is 0 Å². The van der Waals surface area contributed by atoms with E-state index in [1.54, 1.807) is 19.1 Å². The zero-order valence-corrected chi connectivity index (χ0v) is 11.9. The summed E-state index contributed by atoms with van der Waals surface area (Å²) in [6.07, 6.45) is 1.56. The standard InChI is InChI=1S/C14H19ClN2O2/c1-8(16)10-3-6-13(12(15)7-10)19-9(2)14(18)17-11-4-5-11/h3,6-9,11H,4-5,16H2,1-2H3,(H,17,18). The zero-order chi connectivity index (χ0) is 14.0. The second-order valence-electron chi connectivity index (χ2n) is 5.02. The van der Waals surface area contributed by atoms with Gasteiger partial charge in [0, 0.05) is 12.1 Å². The molecule has 0 radical (unpaired) electrons. The average Bonchev–Trinajstić information content (AvgIpc) is 3.15. The summed E-state index contributed by atoms with van der Waals surface area (Å²) in [5.74, 6) is 0.402. The fourth-order valence-corrected chi connectivity index (χ4v) is 1.92. The SMILES string of the molecule is CC(Oc1ccc(C(C)N)cc1Cl)C(=O)NC1CC1. The lowest BCUT2D eigenvalue weighted by Crippen LogP contribution is -2.37. The Morgan fingerprint density at radius 3 is 2.68 bits per heavy atom. The van der Waals surface area contributed by atoms with Gasteiger partial charge in [0.1, 0.15) is 5.75 Å². The Hall–Kier alpha value is -1.26. The number of halogens is 1. The lowest BCUT2D eigenvalue weighted by Gasteiger charge is -2.16. The lowest BCUT2D eigenvalue weighted by atomic mass is 10.1. The summed E-state index contributed by atoms with van der Waals surface area (Å²) < 4.78 is 5.59. The van der Waals surface area contributed by atoms with Gasteiger partial charge < -0.3 is 15.8 Å². The smallest absolute Gasteiger partial charge is 0.260 e. The number of benzene rings is 1. The van der Waals surface area contributed by atoms with Gasteiger partial charge in [0.25, 0.3) is 5.91 Å². The molecule has 19 heavy (non-hydrogen) atoms. The number of nitrogens with one attached hydrogen (secondary N) is 1. The number of ether oxygens (including phenoxy) is 1. The Morgan fingerprint density at radius 2 is 2.16 bits per heavy atom. The molecule has 0 spiro atoms. The number of hydrogen-bond donors (Lipinski definition) is 2. The molecule has 0 aromatic heterocycles. The number of amides is 1. The second-order valence-corrected chi connectivity index (χ2v) is 5.43. The number of nitrogens with two attached hydrogens (primary N) is 1. The van der Waals surface area contributed by atoms with Gasteiger partial charge in [0.05, 0.1) is 5.02 Å². The monoisotopic (exact) mass is 282 g/mol. The van der Waals surface area contributed by atoms with Crippen molar-refractivity contribution in [3.05, 3.63) is 28.8 Å². The van der Waals surface area contributed by atoms with Crippen molar-refractivity contribution in [2.75, 3.05) is 0 Å². The van der Waals surface area contributed by atoms with Crippen molar-refractivity contribution in [2.45, 2.75) is 44.9 Å². The predicted octanol–water partition coefficient (Wildman–Crippen LogP) is 2.41. The van der Waals surface area contributed by atoms with Crippen LogP contribution in [0.15, 0.2) is 18.2 Å². The Bertz CT molecular complexity index is 473. The van der Waals surface area contributed by atoms with Crippen LogP contribution in [0.1, 0.15) is 38.3 Å². The topological polar surface area (TPSA) is 64.3 Å². The third kappa shape index (κ3) is 3.85. The molecule has 0 aliphatic heterocycles. The molecule has 0 saturated heterocycles. The van der Waals surface area contributed by atoms with Crippen LogP contribution in [-0.4, -0.2) is 18.1 Å². The molecule has 1 saturated carbocycles. The molecular weight excluding hydrogens is 264 g/mol. The molecule has 4 nitrogen and oxygen atoms in total. The van der Waals surface area contributed by atoms with E-state index in [1.165, 1.54) is 0 Å². The van der Waals surface area contributed by atoms with Gasteiger partial charge in [-0.25, -0.2) is 0 Å². The highest BCUT2D eigenvalue weighted by atomic mass is 35.5. The minimum Gasteiger partial charge on any atom is -0.479 e. The molecule has 5 heteroatoms. The van der Waals surface area contributed by atoms with Gasteiger partial charge in [0.2, 0.25) is 0 Å². The molecule has 1 aliphatic rings. The Morgan fingerprint density at radius 1 is 1.47 bits per heavy atom. The molecule has 0 bridgehead atoms. The number of carbonyl (C=O) groups excluding carboxylic acids is 1. The molecule has 2 atom stereocenters. The normalized spacial score (nSPS) is 17.7. The maximum atomic E-state index is 11.8. The molecule has 1 fully saturated rings. The molecule has 2 rings (SSSR count). The van der Waals surface area contributed by atoms with Crippen LogP contribution in [0, 0.1) is 0 Å². The van der Waals surface area contributed by atoms with E-state index in [4.69, 9.17) is 22.1 Å². The summed E-state index contributed by atoms with van der Waals surface area (Å²) in [5.41, 5.74) is 6.72. The third-order valence-electron chi connectivity index (χ3n) is 3.08. The van der Waals surface area contributed by atoms with Crippen LogP contribution in [0.2, 0.25) is 5.02 Å². The molecule has 1 aliphatic carbocycles. The van der Waals surface area contributed by atoms with Gasteiger partial charge in [-0.15, -0.1) is 0 Å². The first kappa shape index (κ1) is 14.2. The zero-order valence-electron chi connectivity index (χ0n) is 11.2. The highest BCUT2D eigenvalue weighted by Gasteiger charge is 2.26. The number of hydrogen-bond acceptors (Lipinski definition) is 3. The van der Waals surface area contributed by atoms with Crippen LogP contribution in [0.25, 0.3) is 0 Å². The predicted molar refractivity (Wildman–Crippen MR) is 75.3 cm³/mol. The summed E-state index contributed by atoms with van der Waals surface area (Å²) in [7, 11) is 0. The molecule has 104 valence electrons. The van der Waals surface area contributed by atoms with Crippen molar-refractivity contribution >= 4 is 17.5 Å². The summed E-state index contributed by atoms with van der Waals surface area (Å²) in [4.78, 5) is 11.8. The van der Waals surface area contributed by atoms with E-state index >= 15 is 0 Å². The van der Waals surface area contributed by atoms with Crippen LogP contribution in [0.4, 0.5) is 0 Å². The van der Waals surface area contributed by atoms with Crippen LogP contribution >= 0.6 is 11.6 Å². The van der Waals surface area contributed by atoms with Crippen molar-refractivity contribution in [2.24, 2.45) is 5.73 Å². The summed E-state index contributed by atoms with van der Waals surface area (Å²) in [6.45, 7) is 3.60. The van der Waals surface area contributed by atoms with Crippen LogP contribution < -0.4 is 15.8 Å². The summed E-state index contributed by atoms with van der Waals surface area (Å²) >= 11 is 6.13. The fraction of sp³-hybridized carbons (Fsp3) is 0.500. The average molecular weight is 283 g/mol. The molecule has 2 unspecified atom stereocenters. The number of carbonyl (C=O) groups is 1. The Balaban J connectivity index is 1.99. The van der Waals surface area contributed by atoms with Gasteiger partial charge in [-0.3, -0.25) is 4.79 Å². The van der Waals surface area contributed by atoms with Crippen molar-refractivity contribution in [1.82, 2.24) is 5.32 Å². The second kappa shape index (κ2) is 5.80. The fourth-order valence-electron chi connectivity index (χ4n) is 1.69. The number of rotatable bonds is 5. The van der Waals surface area contributed by atoms with Crippen LogP contribution in [0.3, 0.4) is 0 Å². The summed E-state index contributed by atoms with van der Waals surface area (Å²) in [5, 5.41) is 3.37. The van der Waals surface area contributed by atoms with E-state index in [1.807, 2.05) is 13.0 Å². The van der Waals surface area contributed by atoms with E-state index in [9.17, 15) is 4.79 Å². The van der Waals surface area contributed by atoms with E-state index in [-0.39, 0.29) is 11.9 Å². The maximum Gasteiger partial charge on any atom is 0.260 e. The first-order chi connectivity index (χ1) is 8.97. The summed E-state index contributed by atoms with van der Waals surface area (Å²) in [6, 6.07) is 5.63. The van der Waals surface area contributed by atoms with Crippen LogP contribution in [0.5, 0.6) is 5.75 Å². The van der Waals surface area contributed by atoms with Gasteiger partial charge in [-0.2, -0.15) is 0 Å². The molecule has 1 aromatic rings. The quantitative estimate of drug-likeness (QED) is 0.872. The third-order valence-corrected chi connectivity index (χ3v) is 3.37. The van der Waals surface area contributed by atoms with Crippen molar-refractivity contribution < 1.29 is 9.53 Å². The minimum absolute atomic E-state index is 0.0814.